The summed E-state index contributed by atoms with van der Waals surface area (Å²) in [4.78, 5) is 3.37. The predicted molar refractivity (Wildman–Crippen MR) is 94.6 cm³/mol. The van der Waals surface area contributed by atoms with E-state index in [0.29, 0.717) is 20.2 Å². The van der Waals surface area contributed by atoms with Crippen LogP contribution in [0.4, 0.5) is 4.39 Å². The predicted octanol–water partition coefficient (Wildman–Crippen LogP) is 5.65. The molecular weight excluding hydrogens is 361 g/mol. The fourth-order valence-corrected chi connectivity index (χ4v) is 3.81. The van der Waals surface area contributed by atoms with Crippen LogP contribution in [0.1, 0.15) is 40.3 Å². The van der Waals surface area contributed by atoms with E-state index in [4.69, 9.17) is 4.43 Å². The molecule has 0 aliphatic heterocycles. The van der Waals surface area contributed by atoms with E-state index in [1.54, 1.807) is 0 Å². The summed E-state index contributed by atoms with van der Waals surface area (Å²) in [5.41, 5.74) is 1.25. The first-order chi connectivity index (χ1) is 10.1. The lowest BCUT2D eigenvalue weighted by Crippen LogP contribution is -2.46. The van der Waals surface area contributed by atoms with Crippen LogP contribution in [0.5, 0.6) is 0 Å². The molecule has 1 unspecified atom stereocenters. The number of hydrogen-bond donors (Lipinski definition) is 1. The van der Waals surface area contributed by atoms with Crippen molar-refractivity contribution in [1.82, 2.24) is 4.98 Å². The molecule has 1 atom stereocenters. The summed E-state index contributed by atoms with van der Waals surface area (Å²) in [6.45, 7) is 13.0. The van der Waals surface area contributed by atoms with Crippen LogP contribution in [0, 0.1) is 17.2 Å². The van der Waals surface area contributed by atoms with Crippen LogP contribution in [-0.4, -0.2) is 14.7 Å². The standard InChI is InChI=1S/C17H23BrFNOSi/c1-10(2)16(3,4)17(5,21-22-6)15-8-11-7-12(18)13(19)9-14(11)20-15/h7-10,20H,1-6H3. The highest BCUT2D eigenvalue weighted by molar-refractivity contribution is 9.10. The Bertz CT molecular complexity index is 644. The normalized spacial score (nSPS) is 15.5. The average Bonchev–Trinajstić information content (AvgIpc) is 2.82. The molecule has 0 saturated carbocycles. The molecule has 2 radical (unpaired) electrons. The number of nitrogens with one attached hydrogen (secondary N) is 1. The Morgan fingerprint density at radius 1 is 1.23 bits per heavy atom. The lowest BCUT2D eigenvalue weighted by Gasteiger charge is -2.46. The summed E-state index contributed by atoms with van der Waals surface area (Å²) < 4.78 is 20.5. The summed E-state index contributed by atoms with van der Waals surface area (Å²) in [5.74, 6) is 0.174. The van der Waals surface area contributed by atoms with Gasteiger partial charge in [0.05, 0.1) is 10.1 Å². The number of fused-ring (bicyclic) bond motifs is 1. The largest absolute Gasteiger partial charge is 0.406 e. The van der Waals surface area contributed by atoms with Gasteiger partial charge in [-0.2, -0.15) is 0 Å². The van der Waals surface area contributed by atoms with E-state index in [2.05, 4.69) is 61.6 Å². The van der Waals surface area contributed by atoms with Gasteiger partial charge < -0.3 is 9.41 Å². The zero-order chi connectivity index (χ0) is 16.7. The van der Waals surface area contributed by atoms with Gasteiger partial charge in [-0.3, -0.25) is 0 Å². The molecule has 0 saturated heterocycles. The van der Waals surface area contributed by atoms with E-state index in [0.717, 1.165) is 16.6 Å². The highest BCUT2D eigenvalue weighted by atomic mass is 79.9. The highest BCUT2D eigenvalue weighted by Gasteiger charge is 2.46. The number of aromatic amines is 1. The zero-order valence-electron chi connectivity index (χ0n) is 14.0. The molecule has 120 valence electrons. The van der Waals surface area contributed by atoms with Crippen LogP contribution in [0.15, 0.2) is 22.7 Å². The maximum Gasteiger partial charge on any atom is 0.227 e. The van der Waals surface area contributed by atoms with Gasteiger partial charge in [-0.05, 0) is 53.5 Å². The van der Waals surface area contributed by atoms with Crippen LogP contribution in [0.2, 0.25) is 6.55 Å². The topological polar surface area (TPSA) is 25.0 Å². The Morgan fingerprint density at radius 2 is 1.86 bits per heavy atom. The van der Waals surface area contributed by atoms with Crippen molar-refractivity contribution in [3.05, 3.63) is 34.2 Å². The van der Waals surface area contributed by atoms with Gasteiger partial charge in [0.25, 0.3) is 0 Å². The number of H-pyrrole nitrogens is 1. The maximum absolute atomic E-state index is 13.8. The molecule has 1 aromatic carbocycles. The smallest absolute Gasteiger partial charge is 0.227 e. The lowest BCUT2D eigenvalue weighted by atomic mass is 9.67. The van der Waals surface area contributed by atoms with Crippen LogP contribution >= 0.6 is 15.9 Å². The molecule has 0 bridgehead atoms. The molecule has 0 fully saturated rings. The second-order valence-electron chi connectivity index (χ2n) is 6.75. The third-order valence-corrected chi connectivity index (χ3v) is 6.37. The van der Waals surface area contributed by atoms with E-state index in [-0.39, 0.29) is 11.2 Å². The van der Waals surface area contributed by atoms with Crippen LogP contribution in [-0.2, 0) is 10.0 Å². The maximum atomic E-state index is 13.8. The summed E-state index contributed by atoms with van der Waals surface area (Å²) in [5, 5.41) is 0.983. The third-order valence-electron chi connectivity index (χ3n) is 5.15. The minimum atomic E-state index is -0.462. The molecule has 0 aliphatic carbocycles. The number of rotatable bonds is 5. The van der Waals surface area contributed by atoms with Gasteiger partial charge in [0, 0.05) is 22.0 Å². The Balaban J connectivity index is 2.63. The van der Waals surface area contributed by atoms with E-state index < -0.39 is 5.60 Å². The van der Waals surface area contributed by atoms with Crippen LogP contribution < -0.4 is 0 Å². The van der Waals surface area contributed by atoms with Gasteiger partial charge in [-0.15, -0.1) is 0 Å². The van der Waals surface area contributed by atoms with Gasteiger partial charge >= 0.3 is 0 Å². The number of benzene rings is 1. The van der Waals surface area contributed by atoms with E-state index in [1.165, 1.54) is 6.07 Å². The van der Waals surface area contributed by atoms with Gasteiger partial charge in [-0.1, -0.05) is 27.7 Å². The molecule has 0 amide bonds. The van der Waals surface area contributed by atoms with Crippen molar-refractivity contribution in [2.75, 3.05) is 0 Å². The van der Waals surface area contributed by atoms with Gasteiger partial charge in [0.15, 0.2) is 0 Å². The molecule has 1 heterocycles. The second-order valence-corrected chi connectivity index (χ2v) is 8.22. The number of aromatic nitrogens is 1. The van der Waals surface area contributed by atoms with Crippen molar-refractivity contribution < 1.29 is 8.82 Å². The molecular formula is C17H23BrFNOSi. The Hall–Kier alpha value is -0.653. The minimum Gasteiger partial charge on any atom is -0.406 e. The molecule has 2 aromatic rings. The molecule has 2 rings (SSSR count). The van der Waals surface area contributed by atoms with Crippen molar-refractivity contribution in [3.8, 4) is 0 Å². The Morgan fingerprint density at radius 3 is 2.41 bits per heavy atom. The van der Waals surface area contributed by atoms with Crippen molar-refractivity contribution in [1.29, 1.82) is 0 Å². The van der Waals surface area contributed by atoms with E-state index in [1.807, 2.05) is 12.6 Å². The van der Waals surface area contributed by atoms with E-state index in [9.17, 15) is 4.39 Å². The van der Waals surface area contributed by atoms with Crippen molar-refractivity contribution in [3.63, 3.8) is 0 Å². The summed E-state index contributed by atoms with van der Waals surface area (Å²) in [7, 11) is 0.380. The second kappa shape index (κ2) is 6.10. The first-order valence-electron chi connectivity index (χ1n) is 7.46. The molecule has 1 aromatic heterocycles. The molecule has 0 spiro atoms. The van der Waals surface area contributed by atoms with Crippen LogP contribution in [0.25, 0.3) is 10.9 Å². The molecule has 0 aliphatic rings. The van der Waals surface area contributed by atoms with Crippen LogP contribution in [0.3, 0.4) is 0 Å². The summed E-state index contributed by atoms with van der Waals surface area (Å²) in [6, 6.07) is 5.41. The average molecular weight is 384 g/mol. The lowest BCUT2D eigenvalue weighted by molar-refractivity contribution is -0.0608. The van der Waals surface area contributed by atoms with E-state index >= 15 is 0 Å². The fourth-order valence-electron chi connectivity index (χ4n) is 2.67. The van der Waals surface area contributed by atoms with Crippen molar-refractivity contribution in [2.24, 2.45) is 11.3 Å². The SMILES string of the molecule is C[Si]OC(C)(c1cc2cc(Br)c(F)cc2[nH]1)C(C)(C)C(C)C. The molecule has 1 N–H and O–H groups in total. The monoisotopic (exact) mass is 383 g/mol. The van der Waals surface area contributed by atoms with Crippen molar-refractivity contribution in [2.45, 2.75) is 46.8 Å². The van der Waals surface area contributed by atoms with Crippen molar-refractivity contribution >= 4 is 36.6 Å². The number of hydrogen-bond acceptors (Lipinski definition) is 1. The first-order valence-corrected chi connectivity index (χ1v) is 9.66. The quantitative estimate of drug-likeness (QED) is 0.662. The Kier molecular flexibility index (Phi) is 4.90. The summed E-state index contributed by atoms with van der Waals surface area (Å²) >= 11 is 3.25. The third kappa shape index (κ3) is 2.79. The fraction of sp³-hybridized carbons (Fsp3) is 0.529. The van der Waals surface area contributed by atoms with Gasteiger partial charge in [-0.25, -0.2) is 4.39 Å². The minimum absolute atomic E-state index is 0.0767. The highest BCUT2D eigenvalue weighted by Crippen LogP contribution is 2.47. The Labute approximate surface area is 142 Å². The zero-order valence-corrected chi connectivity index (χ0v) is 16.6. The molecule has 5 heteroatoms. The first kappa shape index (κ1) is 17.7. The van der Waals surface area contributed by atoms with Gasteiger partial charge in [0.1, 0.15) is 5.82 Å². The number of halogens is 2. The molecule has 2 nitrogen and oxygen atoms in total. The summed E-state index contributed by atoms with van der Waals surface area (Å²) in [6.07, 6.45) is 0. The van der Waals surface area contributed by atoms with Gasteiger partial charge in [0.2, 0.25) is 9.76 Å². The molecule has 22 heavy (non-hydrogen) atoms.